The first-order valence-corrected chi connectivity index (χ1v) is 7.57. The summed E-state index contributed by atoms with van der Waals surface area (Å²) < 4.78 is 0. The number of rotatable bonds is 3. The van der Waals surface area contributed by atoms with E-state index >= 15 is 0 Å². The number of hydrogen-bond donors (Lipinski definition) is 1. The van der Waals surface area contributed by atoms with E-state index in [9.17, 15) is 0 Å². The van der Waals surface area contributed by atoms with Gasteiger partial charge in [-0.25, -0.2) is 4.98 Å². The van der Waals surface area contributed by atoms with Crippen LogP contribution in [0.5, 0.6) is 0 Å². The first kappa shape index (κ1) is 11.7. The lowest BCUT2D eigenvalue weighted by Gasteiger charge is -2.43. The van der Waals surface area contributed by atoms with Crippen LogP contribution in [0.2, 0.25) is 0 Å². The van der Waals surface area contributed by atoms with Gasteiger partial charge in [-0.05, 0) is 36.0 Å². The number of aromatic nitrogens is 1. The van der Waals surface area contributed by atoms with E-state index in [1.807, 2.05) is 5.51 Å². The van der Waals surface area contributed by atoms with E-state index in [2.05, 4.69) is 36.5 Å². The van der Waals surface area contributed by atoms with Crippen LogP contribution in [0.15, 0.2) is 10.9 Å². The van der Waals surface area contributed by atoms with Gasteiger partial charge in [-0.15, -0.1) is 11.3 Å². The molecule has 2 fully saturated rings. The largest absolute Gasteiger partial charge is 0.307 e. The van der Waals surface area contributed by atoms with Gasteiger partial charge in [0, 0.05) is 18.0 Å². The normalized spacial score (nSPS) is 38.8. The van der Waals surface area contributed by atoms with Gasteiger partial charge in [-0.2, -0.15) is 0 Å². The molecule has 0 aliphatic heterocycles. The van der Waals surface area contributed by atoms with Crippen molar-refractivity contribution in [3.05, 3.63) is 16.6 Å². The molecule has 0 radical (unpaired) electrons. The number of hydrogen-bond acceptors (Lipinski definition) is 3. The van der Waals surface area contributed by atoms with Gasteiger partial charge in [0.15, 0.2) is 0 Å². The molecule has 3 rings (SSSR count). The maximum Gasteiger partial charge on any atom is 0.0795 e. The van der Waals surface area contributed by atoms with E-state index < -0.39 is 0 Å². The zero-order valence-electron chi connectivity index (χ0n) is 11.0. The van der Waals surface area contributed by atoms with Gasteiger partial charge in [-0.1, -0.05) is 20.8 Å². The Hall–Kier alpha value is -0.410. The number of nitrogens with one attached hydrogen (secondary N) is 1. The first-order valence-electron chi connectivity index (χ1n) is 6.63. The molecule has 1 heterocycles. The summed E-state index contributed by atoms with van der Waals surface area (Å²) in [5.74, 6) is 0.917. The highest BCUT2D eigenvalue weighted by molar-refractivity contribution is 7.07. The van der Waals surface area contributed by atoms with Crippen LogP contribution in [-0.2, 0) is 6.54 Å². The number of thiazole rings is 1. The van der Waals surface area contributed by atoms with Crippen molar-refractivity contribution in [2.75, 3.05) is 0 Å². The molecule has 0 aromatic carbocycles. The summed E-state index contributed by atoms with van der Waals surface area (Å²) in [7, 11) is 0. The lowest BCUT2D eigenvalue weighted by Crippen LogP contribution is -2.49. The standard InChI is InChI=1S/C14H22N2S/c1-13(2)10-4-5-14(3,6-10)12(13)15-7-11-8-17-9-16-11/h8-10,12,15H,4-7H2,1-3H3. The third-order valence-electron chi connectivity index (χ3n) is 5.24. The highest BCUT2D eigenvalue weighted by Gasteiger charge is 2.58. The fraction of sp³-hybridized carbons (Fsp3) is 0.786. The second-order valence-corrected chi connectivity index (χ2v) is 7.43. The second-order valence-electron chi connectivity index (χ2n) is 6.71. The molecule has 3 unspecified atom stereocenters. The van der Waals surface area contributed by atoms with E-state index in [0.29, 0.717) is 16.9 Å². The quantitative estimate of drug-likeness (QED) is 0.889. The molecule has 0 spiro atoms. The molecular formula is C14H22N2S. The fourth-order valence-corrected chi connectivity index (χ4v) is 4.90. The molecule has 94 valence electrons. The molecule has 3 atom stereocenters. The molecule has 2 bridgehead atoms. The molecule has 2 aliphatic carbocycles. The van der Waals surface area contributed by atoms with E-state index in [1.54, 1.807) is 11.3 Å². The first-order chi connectivity index (χ1) is 8.02. The minimum atomic E-state index is 0.447. The van der Waals surface area contributed by atoms with Gasteiger partial charge in [0.05, 0.1) is 11.2 Å². The summed E-state index contributed by atoms with van der Waals surface area (Å²) in [5.41, 5.74) is 4.08. The predicted octanol–water partition coefficient (Wildman–Crippen LogP) is 3.45. The summed E-state index contributed by atoms with van der Waals surface area (Å²) in [6.07, 6.45) is 4.24. The molecule has 17 heavy (non-hydrogen) atoms. The Kier molecular flexibility index (Phi) is 2.60. The zero-order chi connectivity index (χ0) is 12.1. The van der Waals surface area contributed by atoms with Gasteiger partial charge in [0.1, 0.15) is 0 Å². The van der Waals surface area contributed by atoms with Crippen LogP contribution in [0.1, 0.15) is 45.7 Å². The van der Waals surface area contributed by atoms with Crippen molar-refractivity contribution in [2.24, 2.45) is 16.7 Å². The van der Waals surface area contributed by atoms with Crippen LogP contribution in [0.25, 0.3) is 0 Å². The van der Waals surface area contributed by atoms with Gasteiger partial charge in [0.2, 0.25) is 0 Å². The SMILES string of the molecule is CC12CCC(C1)C(C)(C)C2NCc1cscn1. The van der Waals surface area contributed by atoms with Gasteiger partial charge < -0.3 is 5.32 Å². The average Bonchev–Trinajstić information content (AvgIpc) is 2.90. The van der Waals surface area contributed by atoms with Crippen LogP contribution >= 0.6 is 11.3 Å². The van der Waals surface area contributed by atoms with Crippen molar-refractivity contribution in [1.29, 1.82) is 0 Å². The molecule has 1 N–H and O–H groups in total. The second kappa shape index (κ2) is 3.79. The van der Waals surface area contributed by atoms with Crippen molar-refractivity contribution in [3.63, 3.8) is 0 Å². The highest BCUT2D eigenvalue weighted by atomic mass is 32.1. The molecule has 2 aliphatic rings. The van der Waals surface area contributed by atoms with Crippen LogP contribution in [0.4, 0.5) is 0 Å². The Morgan fingerprint density at radius 3 is 2.88 bits per heavy atom. The van der Waals surface area contributed by atoms with Gasteiger partial charge in [0.25, 0.3) is 0 Å². The van der Waals surface area contributed by atoms with Crippen LogP contribution in [0, 0.1) is 16.7 Å². The van der Waals surface area contributed by atoms with Crippen LogP contribution in [0.3, 0.4) is 0 Å². The number of nitrogens with zero attached hydrogens (tertiary/aromatic N) is 1. The Bertz CT molecular complexity index is 394. The maximum atomic E-state index is 4.37. The molecule has 3 heteroatoms. The van der Waals surface area contributed by atoms with E-state index in [4.69, 9.17) is 0 Å². The minimum Gasteiger partial charge on any atom is -0.307 e. The molecular weight excluding hydrogens is 228 g/mol. The predicted molar refractivity (Wildman–Crippen MR) is 72.0 cm³/mol. The molecule has 0 saturated heterocycles. The Balaban J connectivity index is 1.74. The third kappa shape index (κ3) is 1.75. The Morgan fingerprint density at radius 2 is 2.29 bits per heavy atom. The Labute approximate surface area is 108 Å². The van der Waals surface area contributed by atoms with Crippen molar-refractivity contribution in [3.8, 4) is 0 Å². The summed E-state index contributed by atoms with van der Waals surface area (Å²) in [5, 5.41) is 5.94. The van der Waals surface area contributed by atoms with E-state index in [-0.39, 0.29) is 0 Å². The zero-order valence-corrected chi connectivity index (χ0v) is 11.8. The van der Waals surface area contributed by atoms with Crippen molar-refractivity contribution in [1.82, 2.24) is 10.3 Å². The third-order valence-corrected chi connectivity index (χ3v) is 5.88. The molecule has 1 aromatic heterocycles. The fourth-order valence-electron chi connectivity index (χ4n) is 4.34. The summed E-state index contributed by atoms with van der Waals surface area (Å²) in [6.45, 7) is 8.29. The van der Waals surface area contributed by atoms with E-state index in [0.717, 1.165) is 12.5 Å². The summed E-state index contributed by atoms with van der Waals surface area (Å²) in [4.78, 5) is 4.37. The van der Waals surface area contributed by atoms with Crippen molar-refractivity contribution < 1.29 is 0 Å². The molecule has 1 aromatic rings. The minimum absolute atomic E-state index is 0.447. The molecule has 2 nitrogen and oxygen atoms in total. The lowest BCUT2D eigenvalue weighted by atomic mass is 9.68. The molecule has 2 saturated carbocycles. The van der Waals surface area contributed by atoms with Crippen LogP contribution in [-0.4, -0.2) is 11.0 Å². The smallest absolute Gasteiger partial charge is 0.0795 e. The number of fused-ring (bicyclic) bond motifs is 2. The van der Waals surface area contributed by atoms with E-state index in [1.165, 1.54) is 25.0 Å². The lowest BCUT2D eigenvalue weighted by molar-refractivity contribution is 0.108. The van der Waals surface area contributed by atoms with Gasteiger partial charge >= 0.3 is 0 Å². The summed E-state index contributed by atoms with van der Waals surface area (Å²) >= 11 is 1.69. The maximum absolute atomic E-state index is 4.37. The Morgan fingerprint density at radius 1 is 1.47 bits per heavy atom. The topological polar surface area (TPSA) is 24.9 Å². The van der Waals surface area contributed by atoms with Crippen molar-refractivity contribution in [2.45, 2.75) is 52.6 Å². The van der Waals surface area contributed by atoms with Gasteiger partial charge in [-0.3, -0.25) is 0 Å². The van der Waals surface area contributed by atoms with Crippen LogP contribution < -0.4 is 5.32 Å². The summed E-state index contributed by atoms with van der Waals surface area (Å²) in [6, 6.07) is 0.649. The highest BCUT2D eigenvalue weighted by Crippen LogP contribution is 2.62. The monoisotopic (exact) mass is 250 g/mol. The van der Waals surface area contributed by atoms with Crippen molar-refractivity contribution >= 4 is 11.3 Å². The molecule has 0 amide bonds. The average molecular weight is 250 g/mol.